The molecule has 88 valence electrons. The SMILES string of the molecule is COC(=O)c1cc(C(OC)OC)ccc1Br. The van der Waals surface area contributed by atoms with Gasteiger partial charge in [0.1, 0.15) is 0 Å². The summed E-state index contributed by atoms with van der Waals surface area (Å²) < 4.78 is 15.6. The molecule has 5 heteroatoms. The molecule has 16 heavy (non-hydrogen) atoms. The molecule has 0 spiro atoms. The van der Waals surface area contributed by atoms with Crippen molar-refractivity contribution in [2.45, 2.75) is 6.29 Å². The first-order chi connectivity index (χ1) is 7.63. The Hall–Kier alpha value is -0.910. The molecule has 4 nitrogen and oxygen atoms in total. The fourth-order valence-electron chi connectivity index (χ4n) is 1.32. The molecular formula is C11H13BrO4. The normalized spacial score (nSPS) is 10.6. The molecule has 0 saturated carbocycles. The van der Waals surface area contributed by atoms with E-state index in [0.717, 1.165) is 5.56 Å². The van der Waals surface area contributed by atoms with Crippen LogP contribution in [0.3, 0.4) is 0 Å². The Balaban J connectivity index is 3.11. The number of methoxy groups -OCH3 is 3. The summed E-state index contributed by atoms with van der Waals surface area (Å²) in [5.74, 6) is -0.403. The molecule has 0 amide bonds. The fraction of sp³-hybridized carbons (Fsp3) is 0.364. The predicted molar refractivity (Wildman–Crippen MR) is 62.2 cm³/mol. The van der Waals surface area contributed by atoms with Crippen molar-refractivity contribution >= 4 is 21.9 Å². The van der Waals surface area contributed by atoms with Crippen molar-refractivity contribution in [2.24, 2.45) is 0 Å². The molecule has 1 aromatic rings. The van der Waals surface area contributed by atoms with Gasteiger partial charge in [0.15, 0.2) is 6.29 Å². The van der Waals surface area contributed by atoms with Gasteiger partial charge in [-0.05, 0) is 28.1 Å². The van der Waals surface area contributed by atoms with Gasteiger partial charge in [0, 0.05) is 24.3 Å². The molecule has 0 N–H and O–H groups in total. The van der Waals surface area contributed by atoms with E-state index in [1.165, 1.54) is 21.3 Å². The lowest BCUT2D eigenvalue weighted by molar-refractivity contribution is -0.106. The quantitative estimate of drug-likeness (QED) is 0.631. The zero-order valence-electron chi connectivity index (χ0n) is 9.32. The molecule has 1 aromatic carbocycles. The van der Waals surface area contributed by atoms with Gasteiger partial charge in [0.25, 0.3) is 0 Å². The third-order valence-corrected chi connectivity index (χ3v) is 2.79. The third-order valence-electron chi connectivity index (χ3n) is 2.10. The summed E-state index contributed by atoms with van der Waals surface area (Å²) in [6, 6.07) is 5.24. The Bertz CT molecular complexity index is 374. The van der Waals surface area contributed by atoms with Crippen molar-refractivity contribution in [1.82, 2.24) is 0 Å². The fourth-order valence-corrected chi connectivity index (χ4v) is 1.73. The van der Waals surface area contributed by atoms with Gasteiger partial charge in [-0.15, -0.1) is 0 Å². The van der Waals surface area contributed by atoms with Gasteiger partial charge in [0.2, 0.25) is 0 Å². The largest absolute Gasteiger partial charge is 0.465 e. The van der Waals surface area contributed by atoms with E-state index in [9.17, 15) is 4.79 Å². The Morgan fingerprint density at radius 3 is 2.38 bits per heavy atom. The highest BCUT2D eigenvalue weighted by atomic mass is 79.9. The molecule has 0 aliphatic rings. The minimum absolute atomic E-state index is 0.403. The Kier molecular flexibility index (Phi) is 4.92. The molecule has 0 atom stereocenters. The average molecular weight is 289 g/mol. The summed E-state index contributed by atoms with van der Waals surface area (Å²) in [4.78, 5) is 11.5. The molecule has 0 aliphatic heterocycles. The standard InChI is InChI=1S/C11H13BrO4/c1-14-10(13)8-6-7(4-5-9(8)12)11(15-2)16-3/h4-6,11H,1-3H3. The highest BCUT2D eigenvalue weighted by Crippen LogP contribution is 2.24. The van der Waals surface area contributed by atoms with E-state index in [1.54, 1.807) is 12.1 Å². The number of carbonyl (C=O) groups is 1. The maximum Gasteiger partial charge on any atom is 0.339 e. The molecule has 0 radical (unpaired) electrons. The van der Waals surface area contributed by atoms with Crippen LogP contribution in [0, 0.1) is 0 Å². The highest BCUT2D eigenvalue weighted by Gasteiger charge is 2.15. The monoisotopic (exact) mass is 288 g/mol. The van der Waals surface area contributed by atoms with Crippen LogP contribution in [0.15, 0.2) is 22.7 Å². The van der Waals surface area contributed by atoms with Crippen LogP contribution in [-0.2, 0) is 14.2 Å². The van der Waals surface area contributed by atoms with Crippen LogP contribution in [0.5, 0.6) is 0 Å². The van der Waals surface area contributed by atoms with E-state index >= 15 is 0 Å². The van der Waals surface area contributed by atoms with Gasteiger partial charge >= 0.3 is 5.97 Å². The van der Waals surface area contributed by atoms with Crippen LogP contribution >= 0.6 is 15.9 Å². The predicted octanol–water partition coefficient (Wildman–Crippen LogP) is 2.53. The minimum Gasteiger partial charge on any atom is -0.465 e. The summed E-state index contributed by atoms with van der Waals surface area (Å²) >= 11 is 3.28. The molecule has 0 aromatic heterocycles. The molecule has 1 rings (SSSR count). The summed E-state index contributed by atoms with van der Waals surface area (Å²) in [7, 11) is 4.41. The molecule has 0 saturated heterocycles. The van der Waals surface area contributed by atoms with E-state index in [4.69, 9.17) is 9.47 Å². The molecular weight excluding hydrogens is 276 g/mol. The van der Waals surface area contributed by atoms with Crippen LogP contribution in [-0.4, -0.2) is 27.3 Å². The third kappa shape index (κ3) is 2.81. The van der Waals surface area contributed by atoms with Crippen LogP contribution in [0.2, 0.25) is 0 Å². The highest BCUT2D eigenvalue weighted by molar-refractivity contribution is 9.10. The number of esters is 1. The lowest BCUT2D eigenvalue weighted by Gasteiger charge is -2.14. The van der Waals surface area contributed by atoms with Gasteiger partial charge in [-0.1, -0.05) is 6.07 Å². The van der Waals surface area contributed by atoms with Crippen LogP contribution in [0.25, 0.3) is 0 Å². The zero-order valence-corrected chi connectivity index (χ0v) is 10.9. The molecule has 0 bridgehead atoms. The van der Waals surface area contributed by atoms with Crippen molar-refractivity contribution in [3.8, 4) is 0 Å². The Morgan fingerprint density at radius 2 is 1.88 bits per heavy atom. The number of hydrogen-bond donors (Lipinski definition) is 0. The van der Waals surface area contributed by atoms with Crippen LogP contribution in [0.1, 0.15) is 22.2 Å². The second-order valence-electron chi connectivity index (χ2n) is 3.03. The smallest absolute Gasteiger partial charge is 0.339 e. The number of carbonyl (C=O) groups excluding carboxylic acids is 1. The van der Waals surface area contributed by atoms with E-state index < -0.39 is 12.3 Å². The van der Waals surface area contributed by atoms with Crippen molar-refractivity contribution in [1.29, 1.82) is 0 Å². The number of hydrogen-bond acceptors (Lipinski definition) is 4. The van der Waals surface area contributed by atoms with Gasteiger partial charge in [-0.3, -0.25) is 0 Å². The summed E-state index contributed by atoms with van der Waals surface area (Å²) in [5, 5.41) is 0. The minimum atomic E-state index is -0.489. The van der Waals surface area contributed by atoms with Gasteiger partial charge in [0.05, 0.1) is 12.7 Å². The first-order valence-electron chi connectivity index (χ1n) is 4.57. The Labute approximate surface area is 103 Å². The molecule has 0 heterocycles. The Morgan fingerprint density at radius 1 is 1.25 bits per heavy atom. The first kappa shape index (κ1) is 13.2. The van der Waals surface area contributed by atoms with E-state index in [-0.39, 0.29) is 0 Å². The maximum atomic E-state index is 11.5. The second kappa shape index (κ2) is 5.98. The summed E-state index contributed by atoms with van der Waals surface area (Å²) in [5.41, 5.74) is 1.20. The lowest BCUT2D eigenvalue weighted by Crippen LogP contribution is -2.07. The van der Waals surface area contributed by atoms with Crippen molar-refractivity contribution in [2.75, 3.05) is 21.3 Å². The number of ether oxygens (including phenoxy) is 3. The van der Waals surface area contributed by atoms with E-state index in [2.05, 4.69) is 20.7 Å². The topological polar surface area (TPSA) is 44.8 Å². The lowest BCUT2D eigenvalue weighted by atomic mass is 10.1. The number of benzene rings is 1. The first-order valence-corrected chi connectivity index (χ1v) is 5.36. The van der Waals surface area contributed by atoms with Crippen LogP contribution < -0.4 is 0 Å². The summed E-state index contributed by atoms with van der Waals surface area (Å²) in [6.45, 7) is 0. The van der Waals surface area contributed by atoms with Crippen molar-refractivity contribution < 1.29 is 19.0 Å². The summed E-state index contributed by atoms with van der Waals surface area (Å²) in [6.07, 6.45) is -0.489. The molecule has 0 unspecified atom stereocenters. The van der Waals surface area contributed by atoms with E-state index in [1.807, 2.05) is 6.07 Å². The van der Waals surface area contributed by atoms with E-state index in [0.29, 0.717) is 10.0 Å². The maximum absolute atomic E-state index is 11.5. The van der Waals surface area contributed by atoms with Gasteiger partial charge in [-0.2, -0.15) is 0 Å². The number of halogens is 1. The van der Waals surface area contributed by atoms with Crippen molar-refractivity contribution in [3.63, 3.8) is 0 Å². The second-order valence-corrected chi connectivity index (χ2v) is 3.89. The molecule has 0 aliphatic carbocycles. The van der Waals surface area contributed by atoms with Crippen molar-refractivity contribution in [3.05, 3.63) is 33.8 Å². The molecule has 0 fully saturated rings. The number of rotatable bonds is 4. The van der Waals surface area contributed by atoms with Gasteiger partial charge in [-0.25, -0.2) is 4.79 Å². The zero-order chi connectivity index (χ0) is 12.1. The van der Waals surface area contributed by atoms with Gasteiger partial charge < -0.3 is 14.2 Å². The average Bonchev–Trinajstić information content (AvgIpc) is 2.31. The van der Waals surface area contributed by atoms with Crippen LogP contribution in [0.4, 0.5) is 0 Å².